The highest BCUT2D eigenvalue weighted by Crippen LogP contribution is 2.33. The van der Waals surface area contributed by atoms with Crippen molar-refractivity contribution in [2.75, 3.05) is 0 Å². The molecule has 5 aromatic rings. The zero-order valence-electron chi connectivity index (χ0n) is 15.7. The molecule has 0 atom stereocenters. The number of rotatable bonds is 3. The van der Waals surface area contributed by atoms with Crippen LogP contribution in [0.15, 0.2) is 48.5 Å². The number of H-pyrrole nitrogens is 1. The van der Waals surface area contributed by atoms with Gasteiger partial charge in [-0.05, 0) is 37.1 Å². The van der Waals surface area contributed by atoms with Crippen molar-refractivity contribution in [1.82, 2.24) is 24.5 Å². The summed E-state index contributed by atoms with van der Waals surface area (Å²) in [5.41, 5.74) is 7.85. The predicted octanol–water partition coefficient (Wildman–Crippen LogP) is 5.09. The van der Waals surface area contributed by atoms with Crippen LogP contribution in [0.3, 0.4) is 0 Å². The molecule has 0 radical (unpaired) electrons. The van der Waals surface area contributed by atoms with Gasteiger partial charge in [-0.2, -0.15) is 0 Å². The SMILES string of the molecule is Cc1c(-c2nc3ccccc3[nH]2)c2nc3ccccc3nc2n1CC(C)C. The van der Waals surface area contributed by atoms with E-state index in [0.717, 1.165) is 56.9 Å². The van der Waals surface area contributed by atoms with Crippen LogP contribution < -0.4 is 0 Å². The van der Waals surface area contributed by atoms with E-state index in [4.69, 9.17) is 15.0 Å². The van der Waals surface area contributed by atoms with Gasteiger partial charge >= 0.3 is 0 Å². The first-order valence-electron chi connectivity index (χ1n) is 9.32. The Morgan fingerprint density at radius 1 is 0.889 bits per heavy atom. The maximum absolute atomic E-state index is 4.97. The summed E-state index contributed by atoms with van der Waals surface area (Å²) in [5, 5.41) is 0. The second-order valence-electron chi connectivity index (χ2n) is 7.45. The Balaban J connectivity index is 1.87. The smallest absolute Gasteiger partial charge is 0.160 e. The van der Waals surface area contributed by atoms with Crippen molar-refractivity contribution in [1.29, 1.82) is 0 Å². The second kappa shape index (κ2) is 5.91. The van der Waals surface area contributed by atoms with Crippen LogP contribution >= 0.6 is 0 Å². The van der Waals surface area contributed by atoms with E-state index >= 15 is 0 Å². The number of nitrogens with zero attached hydrogens (tertiary/aromatic N) is 4. The van der Waals surface area contributed by atoms with Crippen LogP contribution in [0.25, 0.3) is 44.6 Å². The summed E-state index contributed by atoms with van der Waals surface area (Å²) in [7, 11) is 0. The van der Waals surface area contributed by atoms with Gasteiger partial charge in [0.1, 0.15) is 11.3 Å². The van der Waals surface area contributed by atoms with Crippen LogP contribution in [0, 0.1) is 12.8 Å². The molecule has 0 unspecified atom stereocenters. The summed E-state index contributed by atoms with van der Waals surface area (Å²) in [6.45, 7) is 7.48. The molecule has 5 nitrogen and oxygen atoms in total. The summed E-state index contributed by atoms with van der Waals surface area (Å²) < 4.78 is 2.28. The molecule has 0 spiro atoms. The van der Waals surface area contributed by atoms with Gasteiger partial charge < -0.3 is 9.55 Å². The maximum Gasteiger partial charge on any atom is 0.160 e. The fraction of sp³-hybridized carbons (Fsp3) is 0.227. The molecule has 134 valence electrons. The van der Waals surface area contributed by atoms with Crippen molar-refractivity contribution in [2.45, 2.75) is 27.3 Å². The molecule has 0 fully saturated rings. The van der Waals surface area contributed by atoms with E-state index in [1.54, 1.807) is 0 Å². The molecule has 0 amide bonds. The van der Waals surface area contributed by atoms with E-state index in [-0.39, 0.29) is 0 Å². The fourth-order valence-electron chi connectivity index (χ4n) is 3.76. The number of hydrogen-bond acceptors (Lipinski definition) is 3. The number of hydrogen-bond donors (Lipinski definition) is 1. The molecular formula is C22H21N5. The molecule has 0 bridgehead atoms. The molecule has 1 N–H and O–H groups in total. The standard InChI is InChI=1S/C22H21N5/c1-13(2)12-27-14(3)19(21-24-16-9-5-6-10-17(16)25-21)20-22(27)26-18-11-7-4-8-15(18)23-20/h4-11,13H,12H2,1-3H3,(H,24,25). The van der Waals surface area contributed by atoms with Gasteiger partial charge in [-0.15, -0.1) is 0 Å². The minimum absolute atomic E-state index is 0.510. The second-order valence-corrected chi connectivity index (χ2v) is 7.45. The first-order chi connectivity index (χ1) is 13.1. The minimum atomic E-state index is 0.510. The van der Waals surface area contributed by atoms with Crippen LogP contribution in [-0.2, 0) is 6.54 Å². The maximum atomic E-state index is 4.97. The number of imidazole rings is 1. The van der Waals surface area contributed by atoms with Crippen molar-refractivity contribution in [2.24, 2.45) is 5.92 Å². The van der Waals surface area contributed by atoms with Crippen LogP contribution in [0.1, 0.15) is 19.5 Å². The number of fused-ring (bicyclic) bond motifs is 3. The van der Waals surface area contributed by atoms with Gasteiger partial charge in [-0.3, -0.25) is 0 Å². The lowest BCUT2D eigenvalue weighted by molar-refractivity contribution is 0.526. The lowest BCUT2D eigenvalue weighted by Gasteiger charge is -2.10. The summed E-state index contributed by atoms with van der Waals surface area (Å²) in [6, 6.07) is 16.1. The lowest BCUT2D eigenvalue weighted by atomic mass is 10.2. The van der Waals surface area contributed by atoms with Crippen molar-refractivity contribution in [3.63, 3.8) is 0 Å². The molecule has 3 aromatic heterocycles. The number of nitrogens with one attached hydrogen (secondary N) is 1. The minimum Gasteiger partial charge on any atom is -0.338 e. The van der Waals surface area contributed by atoms with Crippen LogP contribution in [0.4, 0.5) is 0 Å². The Morgan fingerprint density at radius 3 is 2.26 bits per heavy atom. The van der Waals surface area contributed by atoms with E-state index in [1.165, 1.54) is 0 Å². The third kappa shape index (κ3) is 2.50. The van der Waals surface area contributed by atoms with E-state index in [9.17, 15) is 0 Å². The highest BCUT2D eigenvalue weighted by atomic mass is 15.1. The van der Waals surface area contributed by atoms with E-state index in [2.05, 4.69) is 36.4 Å². The summed E-state index contributed by atoms with van der Waals surface area (Å²) in [6.07, 6.45) is 0. The molecule has 0 aliphatic rings. The zero-order valence-corrected chi connectivity index (χ0v) is 15.7. The number of aromatic amines is 1. The summed E-state index contributed by atoms with van der Waals surface area (Å²) in [5.74, 6) is 1.36. The van der Waals surface area contributed by atoms with Crippen LogP contribution in [0.5, 0.6) is 0 Å². The molecule has 0 aliphatic carbocycles. The van der Waals surface area contributed by atoms with Gasteiger partial charge in [0.2, 0.25) is 0 Å². The Kier molecular flexibility index (Phi) is 3.50. The number of benzene rings is 2. The Bertz CT molecular complexity index is 1260. The van der Waals surface area contributed by atoms with E-state index < -0.39 is 0 Å². The molecule has 0 saturated carbocycles. The number of aromatic nitrogens is 5. The molecular weight excluding hydrogens is 334 g/mol. The van der Waals surface area contributed by atoms with Crippen molar-refractivity contribution in [3.8, 4) is 11.4 Å². The number of para-hydroxylation sites is 4. The Hall–Kier alpha value is -3.21. The Labute approximate surface area is 157 Å². The van der Waals surface area contributed by atoms with Crippen LogP contribution in [-0.4, -0.2) is 24.5 Å². The van der Waals surface area contributed by atoms with Crippen molar-refractivity contribution in [3.05, 3.63) is 54.2 Å². The molecule has 0 aliphatic heterocycles. The quantitative estimate of drug-likeness (QED) is 0.490. The predicted molar refractivity (Wildman–Crippen MR) is 110 cm³/mol. The topological polar surface area (TPSA) is 59.4 Å². The monoisotopic (exact) mass is 355 g/mol. The Morgan fingerprint density at radius 2 is 1.56 bits per heavy atom. The first-order valence-corrected chi connectivity index (χ1v) is 9.32. The summed E-state index contributed by atoms with van der Waals surface area (Å²) in [4.78, 5) is 18.2. The molecule has 0 saturated heterocycles. The van der Waals surface area contributed by atoms with E-state index in [1.807, 2.05) is 42.5 Å². The van der Waals surface area contributed by atoms with E-state index in [0.29, 0.717) is 5.92 Å². The molecule has 5 rings (SSSR count). The molecule has 27 heavy (non-hydrogen) atoms. The van der Waals surface area contributed by atoms with Crippen molar-refractivity contribution >= 4 is 33.2 Å². The fourth-order valence-corrected chi connectivity index (χ4v) is 3.76. The van der Waals surface area contributed by atoms with Gasteiger partial charge in [0, 0.05) is 12.2 Å². The van der Waals surface area contributed by atoms with Gasteiger partial charge in [0.05, 0.1) is 27.6 Å². The third-order valence-electron chi connectivity index (χ3n) is 4.99. The normalized spacial score (nSPS) is 12.0. The third-order valence-corrected chi connectivity index (χ3v) is 4.99. The summed E-state index contributed by atoms with van der Waals surface area (Å²) >= 11 is 0. The average Bonchev–Trinajstić information content (AvgIpc) is 3.19. The van der Waals surface area contributed by atoms with Gasteiger partial charge in [0.15, 0.2) is 5.65 Å². The molecule has 3 heterocycles. The lowest BCUT2D eigenvalue weighted by Crippen LogP contribution is -2.07. The zero-order chi connectivity index (χ0) is 18.5. The molecule has 5 heteroatoms. The van der Waals surface area contributed by atoms with Crippen LogP contribution in [0.2, 0.25) is 0 Å². The van der Waals surface area contributed by atoms with Gasteiger partial charge in [0.25, 0.3) is 0 Å². The largest absolute Gasteiger partial charge is 0.338 e. The average molecular weight is 355 g/mol. The molecule has 2 aromatic carbocycles. The first kappa shape index (κ1) is 16.0. The van der Waals surface area contributed by atoms with Gasteiger partial charge in [-0.25, -0.2) is 15.0 Å². The van der Waals surface area contributed by atoms with Crippen molar-refractivity contribution < 1.29 is 0 Å². The highest BCUT2D eigenvalue weighted by molar-refractivity contribution is 5.97. The van der Waals surface area contributed by atoms with Gasteiger partial charge in [-0.1, -0.05) is 38.1 Å². The highest BCUT2D eigenvalue weighted by Gasteiger charge is 2.21.